The second-order valence-electron chi connectivity index (χ2n) is 2.98. The van der Waals surface area contributed by atoms with Crippen LogP contribution in [-0.4, -0.2) is 47.0 Å². The van der Waals surface area contributed by atoms with Crippen molar-refractivity contribution in [1.82, 2.24) is 10.6 Å². The zero-order chi connectivity index (χ0) is 12.6. The number of thiol groups is 2. The molecule has 0 heterocycles. The molecule has 0 spiro atoms. The van der Waals surface area contributed by atoms with Crippen molar-refractivity contribution in [2.24, 2.45) is 0 Å². The molecule has 0 aliphatic heterocycles. The Hall–Kier alpha value is -0.890. The number of hydrogen-bond donors (Lipinski definition) is 5. The minimum Gasteiger partial charge on any atom is -0.481 e. The van der Waals surface area contributed by atoms with Crippen molar-refractivity contribution >= 4 is 43.0 Å². The van der Waals surface area contributed by atoms with Crippen molar-refractivity contribution in [2.45, 2.75) is 12.5 Å². The lowest BCUT2D eigenvalue weighted by Gasteiger charge is -2.16. The predicted octanol–water partition coefficient (Wildman–Crippen LogP) is -1.08. The Morgan fingerprint density at radius 3 is 2.12 bits per heavy atom. The van der Waals surface area contributed by atoms with Gasteiger partial charge < -0.3 is 15.7 Å². The summed E-state index contributed by atoms with van der Waals surface area (Å²) in [6, 6.07) is -0.638. The highest BCUT2D eigenvalue weighted by Crippen LogP contribution is 1.92. The van der Waals surface area contributed by atoms with E-state index < -0.39 is 12.0 Å². The summed E-state index contributed by atoms with van der Waals surface area (Å²) in [6.45, 7) is 0.0607. The highest BCUT2D eigenvalue weighted by Gasteiger charge is 2.15. The average molecular weight is 266 g/mol. The normalized spacial score (nSPS) is 11.6. The van der Waals surface area contributed by atoms with Crippen molar-refractivity contribution in [3.05, 3.63) is 0 Å². The number of carboxylic acid groups (broad SMARTS) is 1. The lowest BCUT2D eigenvalue weighted by molar-refractivity contribution is -0.138. The van der Waals surface area contributed by atoms with Gasteiger partial charge in [-0.3, -0.25) is 14.4 Å². The quantitative estimate of drug-likeness (QED) is 0.379. The van der Waals surface area contributed by atoms with Gasteiger partial charge in [0.1, 0.15) is 0 Å². The summed E-state index contributed by atoms with van der Waals surface area (Å²) in [5.74, 6) is -1.77. The fourth-order valence-electron chi connectivity index (χ4n) is 0.951. The molecule has 8 heteroatoms. The second-order valence-corrected chi connectivity index (χ2v) is 3.62. The van der Waals surface area contributed by atoms with E-state index in [1.807, 2.05) is 0 Å². The van der Waals surface area contributed by atoms with Crippen LogP contribution >= 0.6 is 25.3 Å². The molecule has 0 aromatic carbocycles. The van der Waals surface area contributed by atoms with Crippen LogP contribution in [-0.2, 0) is 14.4 Å². The van der Waals surface area contributed by atoms with Gasteiger partial charge in [0.2, 0.25) is 11.8 Å². The van der Waals surface area contributed by atoms with E-state index in [0.717, 1.165) is 0 Å². The molecule has 0 aromatic heterocycles. The van der Waals surface area contributed by atoms with Gasteiger partial charge >= 0.3 is 5.97 Å². The maximum atomic E-state index is 11.0. The van der Waals surface area contributed by atoms with Crippen molar-refractivity contribution in [1.29, 1.82) is 0 Å². The number of rotatable bonds is 7. The molecular weight excluding hydrogens is 252 g/mol. The monoisotopic (exact) mass is 266 g/mol. The molecular formula is C8H14N2O4S2. The second kappa shape index (κ2) is 8.28. The maximum Gasteiger partial charge on any atom is 0.305 e. The van der Waals surface area contributed by atoms with Gasteiger partial charge in [-0.2, -0.15) is 25.3 Å². The molecule has 0 aromatic rings. The highest BCUT2D eigenvalue weighted by molar-refractivity contribution is 7.81. The number of carbonyl (C=O) groups is 3. The Balaban J connectivity index is 4.14. The van der Waals surface area contributed by atoms with Gasteiger partial charge in [-0.05, 0) is 0 Å². The molecule has 1 unspecified atom stereocenters. The minimum absolute atomic E-state index is 0.0142. The van der Waals surface area contributed by atoms with Gasteiger partial charge in [-0.1, -0.05) is 0 Å². The summed E-state index contributed by atoms with van der Waals surface area (Å²) in [5, 5.41) is 13.5. The molecule has 0 aliphatic carbocycles. The Labute approximate surface area is 104 Å². The summed E-state index contributed by atoms with van der Waals surface area (Å²) in [6.07, 6.45) is -0.258. The fourth-order valence-corrected chi connectivity index (χ4v) is 1.15. The SMILES string of the molecule is O=C(O)CC(CNC(=O)CS)NC(=O)CS. The first-order chi connectivity index (χ1) is 7.49. The highest BCUT2D eigenvalue weighted by atomic mass is 32.1. The summed E-state index contributed by atoms with van der Waals surface area (Å²) < 4.78 is 0. The van der Waals surface area contributed by atoms with Crippen LogP contribution in [0.5, 0.6) is 0 Å². The van der Waals surface area contributed by atoms with Crippen LogP contribution < -0.4 is 10.6 Å². The Bertz CT molecular complexity index is 273. The van der Waals surface area contributed by atoms with Gasteiger partial charge in [0, 0.05) is 6.54 Å². The van der Waals surface area contributed by atoms with Crippen LogP contribution in [0, 0.1) is 0 Å². The van der Waals surface area contributed by atoms with Crippen LogP contribution in [0.15, 0.2) is 0 Å². The first kappa shape index (κ1) is 15.1. The third kappa shape index (κ3) is 7.41. The zero-order valence-corrected chi connectivity index (χ0v) is 10.3. The molecule has 92 valence electrons. The molecule has 3 N–H and O–H groups in total. The molecule has 0 saturated heterocycles. The van der Waals surface area contributed by atoms with Crippen LogP contribution in [0.1, 0.15) is 6.42 Å². The molecule has 0 rings (SSSR count). The van der Waals surface area contributed by atoms with E-state index in [1.165, 1.54) is 0 Å². The predicted molar refractivity (Wildman–Crippen MR) is 64.9 cm³/mol. The fraction of sp³-hybridized carbons (Fsp3) is 0.625. The van der Waals surface area contributed by atoms with E-state index >= 15 is 0 Å². The molecule has 2 amide bonds. The van der Waals surface area contributed by atoms with E-state index in [4.69, 9.17) is 5.11 Å². The third-order valence-electron chi connectivity index (χ3n) is 1.62. The lowest BCUT2D eigenvalue weighted by atomic mass is 10.2. The van der Waals surface area contributed by atoms with Gasteiger partial charge in [0.05, 0.1) is 24.0 Å². The van der Waals surface area contributed by atoms with Gasteiger partial charge in [-0.25, -0.2) is 0 Å². The van der Waals surface area contributed by atoms with Crippen LogP contribution in [0.4, 0.5) is 0 Å². The van der Waals surface area contributed by atoms with E-state index in [2.05, 4.69) is 35.9 Å². The Kier molecular flexibility index (Phi) is 7.82. The van der Waals surface area contributed by atoms with E-state index in [1.54, 1.807) is 0 Å². The first-order valence-corrected chi connectivity index (χ1v) is 5.75. The number of carboxylic acids is 1. The number of carbonyl (C=O) groups excluding carboxylic acids is 2. The Morgan fingerprint density at radius 1 is 1.12 bits per heavy atom. The molecule has 0 radical (unpaired) electrons. The molecule has 6 nitrogen and oxygen atoms in total. The standard InChI is InChI=1S/C8H14N2O4S2/c11-6(3-15)9-2-5(1-8(13)14)10-7(12)4-16/h5,15-16H,1-4H2,(H,9,11)(H,10,12)(H,13,14). The van der Waals surface area contributed by atoms with Crippen LogP contribution in [0.3, 0.4) is 0 Å². The summed E-state index contributed by atoms with van der Waals surface area (Å²) in [5.41, 5.74) is 0. The largest absolute Gasteiger partial charge is 0.481 e. The molecule has 0 bridgehead atoms. The minimum atomic E-state index is -1.05. The number of hydrogen-bond acceptors (Lipinski definition) is 5. The molecule has 0 aliphatic rings. The van der Waals surface area contributed by atoms with Crippen molar-refractivity contribution < 1.29 is 19.5 Å². The number of amides is 2. The van der Waals surface area contributed by atoms with Crippen molar-refractivity contribution in [3.63, 3.8) is 0 Å². The van der Waals surface area contributed by atoms with E-state index in [-0.39, 0.29) is 36.3 Å². The van der Waals surface area contributed by atoms with E-state index in [0.29, 0.717) is 0 Å². The first-order valence-electron chi connectivity index (χ1n) is 4.49. The van der Waals surface area contributed by atoms with Crippen molar-refractivity contribution in [2.75, 3.05) is 18.1 Å². The summed E-state index contributed by atoms with van der Waals surface area (Å²) >= 11 is 7.50. The smallest absolute Gasteiger partial charge is 0.305 e. The maximum absolute atomic E-state index is 11.0. The molecule has 16 heavy (non-hydrogen) atoms. The van der Waals surface area contributed by atoms with Gasteiger partial charge in [-0.15, -0.1) is 0 Å². The van der Waals surface area contributed by atoms with Crippen molar-refractivity contribution in [3.8, 4) is 0 Å². The van der Waals surface area contributed by atoms with Crippen LogP contribution in [0.25, 0.3) is 0 Å². The Morgan fingerprint density at radius 2 is 1.69 bits per heavy atom. The average Bonchev–Trinajstić information content (AvgIpc) is 2.24. The zero-order valence-electron chi connectivity index (χ0n) is 8.47. The van der Waals surface area contributed by atoms with Gasteiger partial charge in [0.15, 0.2) is 0 Å². The lowest BCUT2D eigenvalue weighted by Crippen LogP contribution is -2.45. The van der Waals surface area contributed by atoms with E-state index in [9.17, 15) is 14.4 Å². The summed E-state index contributed by atoms with van der Waals surface area (Å²) in [4.78, 5) is 32.4. The summed E-state index contributed by atoms with van der Waals surface area (Å²) in [7, 11) is 0. The molecule has 0 saturated carbocycles. The topological polar surface area (TPSA) is 95.5 Å². The molecule has 0 fully saturated rings. The van der Waals surface area contributed by atoms with Gasteiger partial charge in [0.25, 0.3) is 0 Å². The number of nitrogens with one attached hydrogen (secondary N) is 2. The molecule has 1 atom stereocenters. The number of aliphatic carboxylic acids is 1. The third-order valence-corrected chi connectivity index (χ3v) is 2.19. The van der Waals surface area contributed by atoms with Crippen LogP contribution in [0.2, 0.25) is 0 Å².